The lowest BCUT2D eigenvalue weighted by Gasteiger charge is -2.34. The predicted molar refractivity (Wildman–Crippen MR) is 73.1 cm³/mol. The van der Waals surface area contributed by atoms with Crippen LogP contribution in [0.3, 0.4) is 0 Å². The average molecular weight is 273 g/mol. The second-order valence-electron chi connectivity index (χ2n) is 5.29. The Labute approximate surface area is 116 Å². The number of carbonyl (C=O) groups excluding carboxylic acids is 1. The zero-order chi connectivity index (χ0) is 14.3. The predicted octanol–water partition coefficient (Wildman–Crippen LogP) is 1.50. The molecule has 1 aliphatic heterocycles. The van der Waals surface area contributed by atoms with Crippen LogP contribution < -0.4 is 5.32 Å². The minimum Gasteiger partial charge on any atom is -0.465 e. The summed E-state index contributed by atoms with van der Waals surface area (Å²) in [5.41, 5.74) is -0.684. The average Bonchev–Trinajstić information content (AvgIpc) is 2.31. The Morgan fingerprint density at radius 3 is 2.63 bits per heavy atom. The highest BCUT2D eigenvalue weighted by Crippen LogP contribution is 2.19. The van der Waals surface area contributed by atoms with Crippen LogP contribution in [-0.4, -0.2) is 50.1 Å². The van der Waals surface area contributed by atoms with E-state index in [1.807, 2.05) is 20.8 Å². The monoisotopic (exact) mass is 273 g/mol. The summed E-state index contributed by atoms with van der Waals surface area (Å²) in [7, 11) is 0. The summed E-state index contributed by atoms with van der Waals surface area (Å²) in [5, 5.41) is 3.28. The van der Waals surface area contributed by atoms with E-state index in [1.165, 1.54) is 0 Å². The number of carbonyl (C=O) groups is 1. The van der Waals surface area contributed by atoms with Gasteiger partial charge in [-0.2, -0.15) is 0 Å². The lowest BCUT2D eigenvalue weighted by molar-refractivity contribution is -0.164. The molecule has 0 spiro atoms. The van der Waals surface area contributed by atoms with Gasteiger partial charge in [-0.05, 0) is 33.7 Å². The van der Waals surface area contributed by atoms with Gasteiger partial charge in [-0.15, -0.1) is 0 Å². The quantitative estimate of drug-likeness (QED) is 0.645. The lowest BCUT2D eigenvalue weighted by atomic mass is 9.94. The molecule has 1 fully saturated rings. The van der Waals surface area contributed by atoms with Gasteiger partial charge >= 0.3 is 5.97 Å². The van der Waals surface area contributed by atoms with Gasteiger partial charge in [-0.25, -0.2) is 0 Å². The van der Waals surface area contributed by atoms with Gasteiger partial charge in [-0.1, -0.05) is 6.92 Å². The molecule has 1 saturated heterocycles. The molecule has 1 N–H and O–H groups in total. The fourth-order valence-corrected chi connectivity index (χ4v) is 2.16. The Morgan fingerprint density at radius 2 is 2.16 bits per heavy atom. The van der Waals surface area contributed by atoms with Crippen molar-refractivity contribution in [2.75, 3.05) is 26.4 Å². The van der Waals surface area contributed by atoms with Crippen LogP contribution in [-0.2, 0) is 19.0 Å². The van der Waals surface area contributed by atoms with E-state index in [0.29, 0.717) is 26.2 Å². The highest BCUT2D eigenvalue weighted by atomic mass is 16.6. The number of ether oxygens (including phenoxy) is 3. The second-order valence-corrected chi connectivity index (χ2v) is 5.29. The van der Waals surface area contributed by atoms with Gasteiger partial charge in [0.05, 0.1) is 25.9 Å². The molecule has 1 aliphatic rings. The Balaban J connectivity index is 2.52. The van der Waals surface area contributed by atoms with Crippen molar-refractivity contribution in [1.29, 1.82) is 0 Å². The van der Waals surface area contributed by atoms with Gasteiger partial charge in [0.2, 0.25) is 0 Å². The first-order valence-corrected chi connectivity index (χ1v) is 7.17. The fraction of sp³-hybridized carbons (Fsp3) is 0.929. The van der Waals surface area contributed by atoms with Crippen molar-refractivity contribution in [1.82, 2.24) is 5.32 Å². The van der Waals surface area contributed by atoms with Gasteiger partial charge in [-0.3, -0.25) is 4.79 Å². The van der Waals surface area contributed by atoms with Gasteiger partial charge in [0.15, 0.2) is 0 Å². The van der Waals surface area contributed by atoms with Crippen LogP contribution in [0.2, 0.25) is 0 Å². The standard InChI is InChI=1S/C14H27NO4/c1-5-7-15-14(4,13(16)18-6-2)8-11(3)19-12-9-17-10-12/h11-12,15H,5-10H2,1-4H3. The van der Waals surface area contributed by atoms with Crippen molar-refractivity contribution >= 4 is 5.97 Å². The lowest BCUT2D eigenvalue weighted by Crippen LogP contribution is -2.53. The molecule has 1 heterocycles. The number of rotatable bonds is 9. The maximum atomic E-state index is 12.1. The first-order chi connectivity index (χ1) is 9.01. The first-order valence-electron chi connectivity index (χ1n) is 7.17. The molecular formula is C14H27NO4. The van der Waals surface area contributed by atoms with E-state index < -0.39 is 5.54 Å². The van der Waals surface area contributed by atoms with Crippen molar-refractivity contribution in [3.8, 4) is 0 Å². The third kappa shape index (κ3) is 5.09. The Bertz CT molecular complexity index is 281. The van der Waals surface area contributed by atoms with Crippen molar-refractivity contribution in [3.05, 3.63) is 0 Å². The van der Waals surface area contributed by atoms with Crippen molar-refractivity contribution in [3.63, 3.8) is 0 Å². The number of nitrogens with one attached hydrogen (secondary N) is 1. The molecule has 0 aromatic carbocycles. The number of hydrogen-bond donors (Lipinski definition) is 1. The Morgan fingerprint density at radius 1 is 1.47 bits per heavy atom. The summed E-state index contributed by atoms with van der Waals surface area (Å²) in [5.74, 6) is -0.205. The van der Waals surface area contributed by atoms with Gasteiger partial charge < -0.3 is 19.5 Å². The minimum atomic E-state index is -0.684. The maximum absolute atomic E-state index is 12.1. The van der Waals surface area contributed by atoms with Crippen LogP contribution in [0.15, 0.2) is 0 Å². The molecule has 0 bridgehead atoms. The van der Waals surface area contributed by atoms with Gasteiger partial charge in [0.25, 0.3) is 0 Å². The van der Waals surface area contributed by atoms with Crippen molar-refractivity contribution < 1.29 is 19.0 Å². The summed E-state index contributed by atoms with van der Waals surface area (Å²) in [4.78, 5) is 12.1. The van der Waals surface area contributed by atoms with E-state index in [2.05, 4.69) is 12.2 Å². The zero-order valence-electron chi connectivity index (χ0n) is 12.5. The summed E-state index contributed by atoms with van der Waals surface area (Å²) >= 11 is 0. The highest BCUT2D eigenvalue weighted by molar-refractivity contribution is 5.80. The van der Waals surface area contributed by atoms with Gasteiger partial charge in [0, 0.05) is 6.42 Å². The molecule has 0 saturated carbocycles. The normalized spacial score (nSPS) is 20.4. The minimum absolute atomic E-state index is 0.00679. The molecule has 5 heteroatoms. The van der Waals surface area contributed by atoms with E-state index >= 15 is 0 Å². The summed E-state index contributed by atoms with van der Waals surface area (Å²) < 4.78 is 16.1. The summed E-state index contributed by atoms with van der Waals surface area (Å²) in [6, 6.07) is 0. The molecule has 2 unspecified atom stereocenters. The van der Waals surface area contributed by atoms with Crippen molar-refractivity contribution in [2.24, 2.45) is 0 Å². The second kappa shape index (κ2) is 7.82. The Hall–Kier alpha value is -0.650. The van der Waals surface area contributed by atoms with E-state index in [9.17, 15) is 4.79 Å². The molecule has 19 heavy (non-hydrogen) atoms. The molecule has 1 rings (SSSR count). The molecule has 112 valence electrons. The maximum Gasteiger partial charge on any atom is 0.326 e. The van der Waals surface area contributed by atoms with E-state index in [0.717, 1.165) is 13.0 Å². The summed E-state index contributed by atoms with van der Waals surface area (Å²) in [6.45, 7) is 10.3. The molecule has 0 aromatic heterocycles. The Kier molecular flexibility index (Phi) is 6.75. The van der Waals surface area contributed by atoms with Crippen LogP contribution in [0, 0.1) is 0 Å². The smallest absolute Gasteiger partial charge is 0.326 e. The van der Waals surface area contributed by atoms with Crippen LogP contribution in [0.4, 0.5) is 0 Å². The topological polar surface area (TPSA) is 56.8 Å². The van der Waals surface area contributed by atoms with Crippen molar-refractivity contribution in [2.45, 2.75) is 58.3 Å². The molecule has 0 aromatic rings. The van der Waals surface area contributed by atoms with E-state index in [4.69, 9.17) is 14.2 Å². The van der Waals surface area contributed by atoms with Crippen LogP contribution >= 0.6 is 0 Å². The highest BCUT2D eigenvalue weighted by Gasteiger charge is 2.36. The third-order valence-electron chi connectivity index (χ3n) is 3.22. The molecule has 0 radical (unpaired) electrons. The van der Waals surface area contributed by atoms with Crippen LogP contribution in [0.5, 0.6) is 0 Å². The largest absolute Gasteiger partial charge is 0.465 e. The molecular weight excluding hydrogens is 246 g/mol. The molecule has 2 atom stereocenters. The van der Waals surface area contributed by atoms with E-state index in [1.54, 1.807) is 0 Å². The zero-order valence-corrected chi connectivity index (χ0v) is 12.5. The third-order valence-corrected chi connectivity index (χ3v) is 3.22. The van der Waals surface area contributed by atoms with E-state index in [-0.39, 0.29) is 18.2 Å². The molecule has 0 amide bonds. The fourth-order valence-electron chi connectivity index (χ4n) is 2.16. The molecule has 0 aliphatic carbocycles. The van der Waals surface area contributed by atoms with Gasteiger partial charge in [0.1, 0.15) is 11.6 Å². The SMILES string of the molecule is CCCNC(C)(CC(C)OC1COC1)C(=O)OCC. The van der Waals surface area contributed by atoms with Crippen LogP contribution in [0.1, 0.15) is 40.5 Å². The number of hydrogen-bond acceptors (Lipinski definition) is 5. The summed E-state index contributed by atoms with van der Waals surface area (Å²) in [6.07, 6.45) is 1.74. The molecule has 5 nitrogen and oxygen atoms in total. The number of esters is 1. The first kappa shape index (κ1) is 16.4. The van der Waals surface area contributed by atoms with Crippen LogP contribution in [0.25, 0.3) is 0 Å².